The minimum Gasteiger partial charge on any atom is -0.411 e. The quantitative estimate of drug-likeness (QED) is 0.327. The highest BCUT2D eigenvalue weighted by Crippen LogP contribution is 2.03. The maximum absolute atomic E-state index is 8.15. The van der Waals surface area contributed by atoms with Crippen LogP contribution in [0.15, 0.2) is 41.6 Å². The summed E-state index contributed by atoms with van der Waals surface area (Å²) in [5.41, 5.74) is 1.23. The fourth-order valence-corrected chi connectivity index (χ4v) is 1.17. The Morgan fingerprint density at radius 1 is 1.14 bits per heavy atom. The van der Waals surface area contributed by atoms with Crippen molar-refractivity contribution in [3.8, 4) is 0 Å². The van der Waals surface area contributed by atoms with Crippen molar-refractivity contribution in [2.45, 2.75) is 19.3 Å². The van der Waals surface area contributed by atoms with Crippen LogP contribution in [0.4, 0.5) is 0 Å². The van der Waals surface area contributed by atoms with Gasteiger partial charge in [-0.25, -0.2) is 0 Å². The molecule has 0 bridgehead atoms. The van der Waals surface area contributed by atoms with E-state index < -0.39 is 0 Å². The van der Waals surface area contributed by atoms with Crippen molar-refractivity contribution in [2.75, 3.05) is 0 Å². The van der Waals surface area contributed by atoms with Crippen LogP contribution in [-0.2, 0) is 0 Å². The van der Waals surface area contributed by atoms with E-state index >= 15 is 0 Å². The van der Waals surface area contributed by atoms with Crippen LogP contribution in [0.5, 0.6) is 0 Å². The van der Waals surface area contributed by atoms with E-state index in [1.807, 2.05) is 18.2 Å². The lowest BCUT2D eigenvalue weighted by Gasteiger charge is -1.91. The SMILES string of the molecule is O/N=C/CCC/C=C\c1ccccc1. The molecule has 0 amide bonds. The van der Waals surface area contributed by atoms with E-state index in [0.717, 1.165) is 19.3 Å². The van der Waals surface area contributed by atoms with Gasteiger partial charge in [-0.3, -0.25) is 0 Å². The molecule has 14 heavy (non-hydrogen) atoms. The zero-order valence-electron chi connectivity index (χ0n) is 8.13. The van der Waals surface area contributed by atoms with Crippen molar-refractivity contribution in [3.05, 3.63) is 42.0 Å². The summed E-state index contributed by atoms with van der Waals surface area (Å²) in [5, 5.41) is 11.1. The molecule has 0 saturated heterocycles. The molecule has 0 unspecified atom stereocenters. The Morgan fingerprint density at radius 2 is 1.93 bits per heavy atom. The van der Waals surface area contributed by atoms with Crippen LogP contribution in [0.25, 0.3) is 6.08 Å². The predicted molar refractivity (Wildman–Crippen MR) is 59.6 cm³/mol. The summed E-state index contributed by atoms with van der Waals surface area (Å²) >= 11 is 0. The number of allylic oxidation sites excluding steroid dienone is 1. The lowest BCUT2D eigenvalue weighted by atomic mass is 10.2. The Bertz CT molecular complexity index is 290. The average Bonchev–Trinajstić information content (AvgIpc) is 2.25. The first kappa shape index (κ1) is 10.5. The molecule has 0 spiro atoms. The highest BCUT2D eigenvalue weighted by molar-refractivity contribution is 5.56. The van der Waals surface area contributed by atoms with Gasteiger partial charge in [-0.05, 0) is 24.8 Å². The van der Waals surface area contributed by atoms with Gasteiger partial charge in [0.2, 0.25) is 0 Å². The van der Waals surface area contributed by atoms with Gasteiger partial charge >= 0.3 is 0 Å². The van der Waals surface area contributed by atoms with Crippen molar-refractivity contribution < 1.29 is 5.21 Å². The highest BCUT2D eigenvalue weighted by Gasteiger charge is 1.83. The minimum atomic E-state index is 0.829. The van der Waals surface area contributed by atoms with Gasteiger partial charge in [0.15, 0.2) is 0 Å². The number of hydrogen-bond acceptors (Lipinski definition) is 2. The number of nitrogens with zero attached hydrogens (tertiary/aromatic N) is 1. The van der Waals surface area contributed by atoms with Crippen molar-refractivity contribution in [2.24, 2.45) is 5.16 Å². The molecule has 0 radical (unpaired) electrons. The molecule has 0 fully saturated rings. The number of oxime groups is 1. The van der Waals surface area contributed by atoms with Gasteiger partial charge in [-0.1, -0.05) is 42.5 Å². The Morgan fingerprint density at radius 3 is 2.64 bits per heavy atom. The first-order valence-electron chi connectivity index (χ1n) is 4.81. The summed E-state index contributed by atoms with van der Waals surface area (Å²) in [5.74, 6) is 0. The van der Waals surface area contributed by atoms with Gasteiger partial charge in [-0.2, -0.15) is 0 Å². The van der Waals surface area contributed by atoms with E-state index in [-0.39, 0.29) is 0 Å². The third kappa shape index (κ3) is 4.45. The molecule has 2 heteroatoms. The number of hydrogen-bond donors (Lipinski definition) is 1. The fourth-order valence-electron chi connectivity index (χ4n) is 1.17. The van der Waals surface area contributed by atoms with Gasteiger partial charge in [0.1, 0.15) is 0 Å². The topological polar surface area (TPSA) is 32.6 Å². The molecule has 0 aliphatic rings. The maximum Gasteiger partial charge on any atom is 0.0436 e. The number of rotatable bonds is 5. The number of unbranched alkanes of at least 4 members (excludes halogenated alkanes) is 2. The second kappa shape index (κ2) is 6.89. The molecular formula is C12H15NO. The van der Waals surface area contributed by atoms with Crippen LogP contribution in [0.3, 0.4) is 0 Å². The molecule has 74 valence electrons. The van der Waals surface area contributed by atoms with Gasteiger partial charge in [0, 0.05) is 6.21 Å². The minimum absolute atomic E-state index is 0.829. The fraction of sp³-hybridized carbons (Fsp3) is 0.250. The third-order valence-corrected chi connectivity index (χ3v) is 1.90. The van der Waals surface area contributed by atoms with E-state index in [2.05, 4.69) is 29.4 Å². The van der Waals surface area contributed by atoms with Gasteiger partial charge in [0.25, 0.3) is 0 Å². The van der Waals surface area contributed by atoms with Crippen LogP contribution in [0.1, 0.15) is 24.8 Å². The average molecular weight is 189 g/mol. The van der Waals surface area contributed by atoms with Crippen LogP contribution in [0.2, 0.25) is 0 Å². The largest absolute Gasteiger partial charge is 0.411 e. The molecule has 0 heterocycles. The summed E-state index contributed by atoms with van der Waals surface area (Å²) in [6.45, 7) is 0. The summed E-state index contributed by atoms with van der Waals surface area (Å²) in [4.78, 5) is 0. The molecule has 1 aromatic carbocycles. The molecular weight excluding hydrogens is 174 g/mol. The third-order valence-electron chi connectivity index (χ3n) is 1.90. The van der Waals surface area contributed by atoms with Crippen LogP contribution >= 0.6 is 0 Å². The molecule has 1 aromatic rings. The zero-order valence-corrected chi connectivity index (χ0v) is 8.13. The van der Waals surface area contributed by atoms with Crippen molar-refractivity contribution in [3.63, 3.8) is 0 Å². The summed E-state index contributed by atoms with van der Waals surface area (Å²) in [6.07, 6.45) is 8.64. The summed E-state index contributed by atoms with van der Waals surface area (Å²) < 4.78 is 0. The van der Waals surface area contributed by atoms with Crippen LogP contribution in [-0.4, -0.2) is 11.4 Å². The number of benzene rings is 1. The second-order valence-corrected chi connectivity index (χ2v) is 3.04. The lowest BCUT2D eigenvalue weighted by Crippen LogP contribution is -1.75. The molecule has 0 aromatic heterocycles. The first-order chi connectivity index (χ1) is 6.93. The molecule has 0 aliphatic carbocycles. The van der Waals surface area contributed by atoms with Crippen molar-refractivity contribution >= 4 is 12.3 Å². The molecule has 0 atom stereocenters. The second-order valence-electron chi connectivity index (χ2n) is 3.04. The predicted octanol–water partition coefficient (Wildman–Crippen LogP) is 3.33. The Balaban J connectivity index is 2.21. The maximum atomic E-state index is 8.15. The monoisotopic (exact) mass is 189 g/mol. The van der Waals surface area contributed by atoms with E-state index in [9.17, 15) is 0 Å². The van der Waals surface area contributed by atoms with E-state index in [1.54, 1.807) is 0 Å². The Hall–Kier alpha value is -1.57. The normalized spacial score (nSPS) is 11.4. The summed E-state index contributed by atoms with van der Waals surface area (Å²) in [7, 11) is 0. The Labute approximate surface area is 84.6 Å². The standard InChI is InChI=1S/C12H15NO/c14-13-11-7-2-1-4-8-12-9-5-3-6-10-12/h3-6,8-11,14H,1-2,7H2/b8-4-,13-11+. The van der Waals surface area contributed by atoms with E-state index in [1.165, 1.54) is 11.8 Å². The van der Waals surface area contributed by atoms with Gasteiger partial charge in [-0.15, -0.1) is 5.16 Å². The lowest BCUT2D eigenvalue weighted by molar-refractivity contribution is 0.320. The molecule has 0 aliphatic heterocycles. The van der Waals surface area contributed by atoms with Crippen molar-refractivity contribution in [1.29, 1.82) is 0 Å². The van der Waals surface area contributed by atoms with E-state index in [4.69, 9.17) is 5.21 Å². The Kier molecular flexibility index (Phi) is 5.18. The van der Waals surface area contributed by atoms with Crippen molar-refractivity contribution in [1.82, 2.24) is 0 Å². The van der Waals surface area contributed by atoms with Gasteiger partial charge < -0.3 is 5.21 Å². The highest BCUT2D eigenvalue weighted by atomic mass is 16.4. The summed E-state index contributed by atoms with van der Waals surface area (Å²) in [6, 6.07) is 10.2. The van der Waals surface area contributed by atoms with Crippen LogP contribution < -0.4 is 0 Å². The molecule has 0 saturated carbocycles. The van der Waals surface area contributed by atoms with Gasteiger partial charge in [0.05, 0.1) is 0 Å². The molecule has 1 rings (SSSR count). The van der Waals surface area contributed by atoms with Crippen LogP contribution in [0, 0.1) is 0 Å². The molecule has 2 nitrogen and oxygen atoms in total. The first-order valence-corrected chi connectivity index (χ1v) is 4.81. The smallest absolute Gasteiger partial charge is 0.0436 e. The zero-order chi connectivity index (χ0) is 10.1. The molecule has 1 N–H and O–H groups in total. The van der Waals surface area contributed by atoms with E-state index in [0.29, 0.717) is 0 Å².